The monoisotopic (exact) mass is 367 g/mol. The Kier molecular flexibility index (Phi) is 5.20. The molecule has 0 saturated heterocycles. The van der Waals surface area contributed by atoms with Gasteiger partial charge in [-0.1, -0.05) is 29.8 Å². The number of rotatable bonds is 5. The maximum atomic E-state index is 12.0. The highest BCUT2D eigenvalue weighted by atomic mass is 35.5. The lowest BCUT2D eigenvalue weighted by Gasteiger charge is -2.07. The number of nitrogens with one attached hydrogen (secondary N) is 2. The van der Waals surface area contributed by atoms with Crippen LogP contribution >= 0.6 is 11.6 Å². The Morgan fingerprint density at radius 3 is 2.81 bits per heavy atom. The van der Waals surface area contributed by atoms with Gasteiger partial charge in [0.2, 0.25) is 0 Å². The summed E-state index contributed by atoms with van der Waals surface area (Å²) in [5, 5.41) is 12.6. The molecule has 26 heavy (non-hydrogen) atoms. The lowest BCUT2D eigenvalue weighted by atomic mass is 10.1. The van der Waals surface area contributed by atoms with Crippen molar-refractivity contribution in [1.82, 2.24) is 4.98 Å². The fourth-order valence-corrected chi connectivity index (χ4v) is 2.73. The number of nitriles is 1. The summed E-state index contributed by atoms with van der Waals surface area (Å²) in [5.74, 6) is -0.985. The molecule has 3 rings (SSSR count). The minimum absolute atomic E-state index is 0.0694. The molecule has 0 aliphatic heterocycles. The van der Waals surface area contributed by atoms with Gasteiger partial charge in [0.15, 0.2) is 6.61 Å². The number of hydrogen-bond acceptors (Lipinski definition) is 4. The van der Waals surface area contributed by atoms with Crippen LogP contribution in [0, 0.1) is 11.3 Å². The summed E-state index contributed by atoms with van der Waals surface area (Å²) in [6.45, 7) is -0.404. The molecule has 1 aromatic heterocycles. The number of carbonyl (C=O) groups is 2. The van der Waals surface area contributed by atoms with Crippen molar-refractivity contribution in [2.45, 2.75) is 6.42 Å². The summed E-state index contributed by atoms with van der Waals surface area (Å²) >= 11 is 5.91. The van der Waals surface area contributed by atoms with Crippen molar-refractivity contribution < 1.29 is 14.3 Å². The van der Waals surface area contributed by atoms with Crippen LogP contribution in [0.25, 0.3) is 10.9 Å². The van der Waals surface area contributed by atoms with E-state index >= 15 is 0 Å². The SMILES string of the molecule is N#Cc1ccc(NC(=O)COC(=O)Cc2c[nH]c3ccccc23)cc1Cl. The number of nitrogens with zero attached hydrogens (tertiary/aromatic N) is 1. The largest absolute Gasteiger partial charge is 0.455 e. The van der Waals surface area contributed by atoms with Crippen LogP contribution in [-0.4, -0.2) is 23.5 Å². The second kappa shape index (κ2) is 7.72. The van der Waals surface area contributed by atoms with Gasteiger partial charge in [0.05, 0.1) is 17.0 Å². The van der Waals surface area contributed by atoms with Crippen molar-refractivity contribution in [3.05, 3.63) is 64.8 Å². The topological polar surface area (TPSA) is 95.0 Å². The molecule has 0 atom stereocenters. The fraction of sp³-hybridized carbons (Fsp3) is 0.105. The van der Waals surface area contributed by atoms with E-state index < -0.39 is 18.5 Å². The number of amides is 1. The van der Waals surface area contributed by atoms with Crippen LogP contribution < -0.4 is 5.32 Å². The first-order valence-corrected chi connectivity index (χ1v) is 8.14. The third-order valence-corrected chi connectivity index (χ3v) is 4.06. The third-order valence-electron chi connectivity index (χ3n) is 3.75. The number of aromatic nitrogens is 1. The Morgan fingerprint density at radius 1 is 1.23 bits per heavy atom. The Balaban J connectivity index is 1.53. The quantitative estimate of drug-likeness (QED) is 0.675. The predicted molar refractivity (Wildman–Crippen MR) is 97.8 cm³/mol. The van der Waals surface area contributed by atoms with Gasteiger partial charge in [0.25, 0.3) is 5.91 Å². The molecule has 0 unspecified atom stereocenters. The van der Waals surface area contributed by atoms with Crippen molar-refractivity contribution in [2.24, 2.45) is 0 Å². The first-order chi connectivity index (χ1) is 12.6. The van der Waals surface area contributed by atoms with E-state index in [4.69, 9.17) is 21.6 Å². The zero-order valence-corrected chi connectivity index (χ0v) is 14.3. The number of para-hydroxylation sites is 1. The fourth-order valence-electron chi connectivity index (χ4n) is 2.51. The highest BCUT2D eigenvalue weighted by Gasteiger charge is 2.12. The summed E-state index contributed by atoms with van der Waals surface area (Å²) in [5.41, 5.74) is 2.48. The van der Waals surface area contributed by atoms with Crippen molar-refractivity contribution in [2.75, 3.05) is 11.9 Å². The summed E-state index contributed by atoms with van der Waals surface area (Å²) in [6.07, 6.45) is 1.82. The molecular formula is C19H14ClN3O3. The summed E-state index contributed by atoms with van der Waals surface area (Å²) in [7, 11) is 0. The molecule has 0 aliphatic rings. The molecule has 6 nitrogen and oxygen atoms in total. The minimum Gasteiger partial charge on any atom is -0.455 e. The third kappa shape index (κ3) is 4.02. The Morgan fingerprint density at radius 2 is 2.04 bits per heavy atom. The van der Waals surface area contributed by atoms with Gasteiger partial charge in [-0.3, -0.25) is 9.59 Å². The Bertz CT molecular complexity index is 1020. The molecule has 7 heteroatoms. The first kappa shape index (κ1) is 17.5. The predicted octanol–water partition coefficient (Wildman–Crippen LogP) is 3.42. The number of fused-ring (bicyclic) bond motifs is 1. The summed E-state index contributed by atoms with van der Waals surface area (Å²) in [6, 6.07) is 14.1. The molecule has 0 radical (unpaired) electrons. The van der Waals surface area contributed by atoms with Crippen LogP contribution in [0.4, 0.5) is 5.69 Å². The highest BCUT2D eigenvalue weighted by molar-refractivity contribution is 6.32. The van der Waals surface area contributed by atoms with Gasteiger partial charge >= 0.3 is 5.97 Å². The summed E-state index contributed by atoms with van der Waals surface area (Å²) in [4.78, 5) is 27.0. The molecule has 130 valence electrons. The number of anilines is 1. The minimum atomic E-state index is -0.497. The number of ether oxygens (including phenoxy) is 1. The van der Waals surface area contributed by atoms with E-state index in [-0.39, 0.29) is 11.4 Å². The Labute approximate surface area is 154 Å². The standard InChI is InChI=1S/C19H14ClN3O3/c20-16-8-14(6-5-12(16)9-21)23-18(24)11-26-19(25)7-13-10-22-17-4-2-1-3-15(13)17/h1-6,8,10,22H,7,11H2,(H,23,24). The maximum Gasteiger partial charge on any atom is 0.310 e. The van der Waals surface area contributed by atoms with Crippen molar-refractivity contribution in [1.29, 1.82) is 5.26 Å². The van der Waals surface area contributed by atoms with Gasteiger partial charge in [0, 0.05) is 22.8 Å². The maximum absolute atomic E-state index is 12.0. The molecule has 3 aromatic rings. The zero-order chi connectivity index (χ0) is 18.5. The number of aromatic amines is 1. The van der Waals surface area contributed by atoms with E-state index in [9.17, 15) is 9.59 Å². The molecule has 0 saturated carbocycles. The number of hydrogen-bond donors (Lipinski definition) is 2. The van der Waals surface area contributed by atoms with E-state index in [2.05, 4.69) is 10.3 Å². The van der Waals surface area contributed by atoms with Gasteiger partial charge in [-0.15, -0.1) is 0 Å². The number of H-pyrrole nitrogens is 1. The lowest BCUT2D eigenvalue weighted by molar-refractivity contribution is -0.146. The lowest BCUT2D eigenvalue weighted by Crippen LogP contribution is -2.21. The van der Waals surface area contributed by atoms with Crippen LogP contribution in [0.5, 0.6) is 0 Å². The molecule has 2 N–H and O–H groups in total. The smallest absolute Gasteiger partial charge is 0.310 e. The molecule has 1 heterocycles. The van der Waals surface area contributed by atoms with Gasteiger partial charge in [-0.25, -0.2) is 0 Å². The van der Waals surface area contributed by atoms with E-state index in [1.807, 2.05) is 30.3 Å². The van der Waals surface area contributed by atoms with Crippen molar-refractivity contribution >= 4 is 40.1 Å². The van der Waals surface area contributed by atoms with Crippen LogP contribution in [-0.2, 0) is 20.7 Å². The second-order valence-electron chi connectivity index (χ2n) is 5.55. The Hall–Kier alpha value is -3.30. The van der Waals surface area contributed by atoms with Crippen LogP contribution in [0.1, 0.15) is 11.1 Å². The highest BCUT2D eigenvalue weighted by Crippen LogP contribution is 2.20. The second-order valence-corrected chi connectivity index (χ2v) is 5.96. The van der Waals surface area contributed by atoms with Crippen LogP contribution in [0.15, 0.2) is 48.7 Å². The molecule has 1 amide bonds. The van der Waals surface area contributed by atoms with E-state index in [1.165, 1.54) is 12.1 Å². The molecule has 0 aliphatic carbocycles. The van der Waals surface area contributed by atoms with E-state index in [0.717, 1.165) is 16.5 Å². The van der Waals surface area contributed by atoms with E-state index in [1.54, 1.807) is 12.3 Å². The molecule has 2 aromatic carbocycles. The van der Waals surface area contributed by atoms with Gasteiger partial charge in [-0.05, 0) is 29.8 Å². The number of benzene rings is 2. The first-order valence-electron chi connectivity index (χ1n) is 7.77. The zero-order valence-electron chi connectivity index (χ0n) is 13.6. The number of halogens is 1. The van der Waals surface area contributed by atoms with Gasteiger partial charge in [0.1, 0.15) is 6.07 Å². The van der Waals surface area contributed by atoms with Crippen LogP contribution in [0.3, 0.4) is 0 Å². The van der Waals surface area contributed by atoms with Gasteiger partial charge < -0.3 is 15.0 Å². The van der Waals surface area contributed by atoms with E-state index in [0.29, 0.717) is 11.3 Å². The molecule has 0 fully saturated rings. The average Bonchev–Trinajstić information content (AvgIpc) is 3.03. The van der Waals surface area contributed by atoms with Crippen molar-refractivity contribution in [3.8, 4) is 6.07 Å². The number of carbonyl (C=O) groups excluding carboxylic acids is 2. The summed E-state index contributed by atoms with van der Waals surface area (Å²) < 4.78 is 5.02. The molecule has 0 bridgehead atoms. The average molecular weight is 368 g/mol. The van der Waals surface area contributed by atoms with Crippen LogP contribution in [0.2, 0.25) is 5.02 Å². The number of esters is 1. The molecular weight excluding hydrogens is 354 g/mol. The molecule has 0 spiro atoms. The normalized spacial score (nSPS) is 10.3. The van der Waals surface area contributed by atoms with Crippen molar-refractivity contribution in [3.63, 3.8) is 0 Å². The van der Waals surface area contributed by atoms with Gasteiger partial charge in [-0.2, -0.15) is 5.26 Å².